The first-order valence-electron chi connectivity index (χ1n) is 8.31. The van der Waals surface area contributed by atoms with E-state index in [1.54, 1.807) is 30.2 Å². The Bertz CT molecular complexity index is 606. The molecule has 0 radical (unpaired) electrons. The number of hydrogen-bond donors (Lipinski definition) is 0. The van der Waals surface area contributed by atoms with Crippen molar-refractivity contribution in [1.82, 2.24) is 4.90 Å². The summed E-state index contributed by atoms with van der Waals surface area (Å²) in [4.78, 5) is 27.9. The molecular weight excluding hydrogens is 328 g/mol. The van der Waals surface area contributed by atoms with Crippen LogP contribution in [0.2, 0.25) is 5.02 Å². The molecule has 0 aliphatic carbocycles. The average molecular weight is 353 g/mol. The largest absolute Gasteiger partial charge is 0.495 e. The van der Waals surface area contributed by atoms with Crippen LogP contribution in [0.3, 0.4) is 0 Å². The Morgan fingerprint density at radius 3 is 2.75 bits per heavy atom. The van der Waals surface area contributed by atoms with Crippen molar-refractivity contribution in [2.45, 2.75) is 33.1 Å². The molecule has 0 bridgehead atoms. The average Bonchev–Trinajstić information content (AvgIpc) is 2.54. The van der Waals surface area contributed by atoms with E-state index in [4.69, 9.17) is 16.3 Å². The first-order chi connectivity index (χ1) is 11.4. The topological polar surface area (TPSA) is 49.9 Å². The number of amides is 2. The highest BCUT2D eigenvalue weighted by molar-refractivity contribution is 6.32. The summed E-state index contributed by atoms with van der Waals surface area (Å²) in [7, 11) is 1.54. The Morgan fingerprint density at radius 2 is 2.17 bits per heavy atom. The van der Waals surface area contributed by atoms with Gasteiger partial charge in [0.25, 0.3) is 0 Å². The van der Waals surface area contributed by atoms with E-state index in [0.717, 1.165) is 19.5 Å². The van der Waals surface area contributed by atoms with Gasteiger partial charge in [0.15, 0.2) is 0 Å². The lowest BCUT2D eigenvalue weighted by atomic mass is 10.00. The highest BCUT2D eigenvalue weighted by Gasteiger charge is 2.22. The molecular formula is C18H25ClN2O3. The highest BCUT2D eigenvalue weighted by Crippen LogP contribution is 2.29. The predicted octanol–water partition coefficient (Wildman–Crippen LogP) is 3.35. The van der Waals surface area contributed by atoms with E-state index in [1.165, 1.54) is 13.3 Å². The van der Waals surface area contributed by atoms with Crippen molar-refractivity contribution < 1.29 is 14.3 Å². The van der Waals surface area contributed by atoms with E-state index < -0.39 is 0 Å². The summed E-state index contributed by atoms with van der Waals surface area (Å²) in [6.07, 6.45) is 2.54. The summed E-state index contributed by atoms with van der Waals surface area (Å²) in [6.45, 7) is 5.64. The van der Waals surface area contributed by atoms with Crippen molar-refractivity contribution in [3.05, 3.63) is 23.2 Å². The quantitative estimate of drug-likeness (QED) is 0.816. The van der Waals surface area contributed by atoms with Gasteiger partial charge in [-0.25, -0.2) is 0 Å². The van der Waals surface area contributed by atoms with Gasteiger partial charge in [-0.3, -0.25) is 9.59 Å². The van der Waals surface area contributed by atoms with Crippen LogP contribution < -0.4 is 9.64 Å². The molecule has 1 aliphatic heterocycles. The fourth-order valence-corrected chi connectivity index (χ4v) is 3.32. The molecule has 0 spiro atoms. The van der Waals surface area contributed by atoms with Crippen molar-refractivity contribution >= 4 is 29.1 Å². The lowest BCUT2D eigenvalue weighted by Crippen LogP contribution is -2.41. The van der Waals surface area contributed by atoms with E-state index in [-0.39, 0.29) is 11.8 Å². The third-order valence-electron chi connectivity index (χ3n) is 4.39. The van der Waals surface area contributed by atoms with Crippen LogP contribution in [0.4, 0.5) is 5.69 Å². The molecule has 2 rings (SSSR count). The molecule has 1 aromatic carbocycles. The minimum absolute atomic E-state index is 0.104. The van der Waals surface area contributed by atoms with Crippen molar-refractivity contribution in [3.63, 3.8) is 0 Å². The first-order valence-corrected chi connectivity index (χ1v) is 8.69. The molecule has 1 heterocycles. The number of rotatable bonds is 5. The van der Waals surface area contributed by atoms with E-state index >= 15 is 0 Å². The SMILES string of the molecule is COc1ccc(N(CCC(=O)N2CCCC(C)C2)C(C)=O)cc1Cl. The van der Waals surface area contributed by atoms with Gasteiger partial charge in [0.05, 0.1) is 12.1 Å². The molecule has 2 amide bonds. The second-order valence-electron chi connectivity index (χ2n) is 6.33. The van der Waals surface area contributed by atoms with E-state index in [9.17, 15) is 9.59 Å². The molecule has 1 aromatic rings. The number of piperidine rings is 1. The van der Waals surface area contributed by atoms with Gasteiger partial charge in [0.2, 0.25) is 11.8 Å². The molecule has 0 saturated carbocycles. The van der Waals surface area contributed by atoms with E-state index in [2.05, 4.69) is 6.92 Å². The highest BCUT2D eigenvalue weighted by atomic mass is 35.5. The molecule has 24 heavy (non-hydrogen) atoms. The number of nitrogens with zero attached hydrogens (tertiary/aromatic N) is 2. The number of benzene rings is 1. The van der Waals surface area contributed by atoms with Gasteiger partial charge < -0.3 is 14.5 Å². The summed E-state index contributed by atoms with van der Waals surface area (Å²) in [5, 5.41) is 0.442. The van der Waals surface area contributed by atoms with Crippen LogP contribution in [0.25, 0.3) is 0 Å². The van der Waals surface area contributed by atoms with Gasteiger partial charge in [0.1, 0.15) is 5.75 Å². The van der Waals surface area contributed by atoms with Gasteiger partial charge in [-0.1, -0.05) is 18.5 Å². The molecule has 1 saturated heterocycles. The van der Waals surface area contributed by atoms with E-state index in [0.29, 0.717) is 35.3 Å². The molecule has 5 nitrogen and oxygen atoms in total. The molecule has 1 unspecified atom stereocenters. The van der Waals surface area contributed by atoms with Crippen LogP contribution in [0.5, 0.6) is 5.75 Å². The number of methoxy groups -OCH3 is 1. The number of carbonyl (C=O) groups is 2. The molecule has 132 valence electrons. The monoisotopic (exact) mass is 352 g/mol. The number of anilines is 1. The number of carbonyl (C=O) groups excluding carboxylic acids is 2. The van der Waals surface area contributed by atoms with Crippen LogP contribution in [0, 0.1) is 5.92 Å². The third kappa shape index (κ3) is 4.63. The van der Waals surface area contributed by atoms with Gasteiger partial charge in [0, 0.05) is 38.7 Å². The number of ether oxygens (including phenoxy) is 1. The van der Waals surface area contributed by atoms with Gasteiger partial charge in [-0.15, -0.1) is 0 Å². The minimum atomic E-state index is -0.115. The first kappa shape index (κ1) is 18.6. The maximum absolute atomic E-state index is 12.4. The lowest BCUT2D eigenvalue weighted by molar-refractivity contribution is -0.132. The Hall–Kier alpha value is -1.75. The second kappa shape index (κ2) is 8.38. The van der Waals surface area contributed by atoms with Crippen molar-refractivity contribution in [1.29, 1.82) is 0 Å². The molecule has 1 fully saturated rings. The number of hydrogen-bond acceptors (Lipinski definition) is 3. The van der Waals surface area contributed by atoms with Crippen molar-refractivity contribution in [3.8, 4) is 5.75 Å². The lowest BCUT2D eigenvalue weighted by Gasteiger charge is -2.31. The van der Waals surface area contributed by atoms with Crippen LogP contribution in [0.15, 0.2) is 18.2 Å². The molecule has 1 aliphatic rings. The molecule has 6 heteroatoms. The summed E-state index contributed by atoms with van der Waals surface area (Å²) >= 11 is 6.14. The van der Waals surface area contributed by atoms with Crippen LogP contribution in [0.1, 0.15) is 33.1 Å². The maximum Gasteiger partial charge on any atom is 0.224 e. The molecule has 0 aromatic heterocycles. The minimum Gasteiger partial charge on any atom is -0.495 e. The Labute approximate surface area is 148 Å². The smallest absolute Gasteiger partial charge is 0.224 e. The Kier molecular flexibility index (Phi) is 6.49. The predicted molar refractivity (Wildman–Crippen MR) is 95.6 cm³/mol. The molecule has 0 N–H and O–H groups in total. The third-order valence-corrected chi connectivity index (χ3v) is 4.68. The van der Waals surface area contributed by atoms with Gasteiger partial charge in [-0.2, -0.15) is 0 Å². The van der Waals surface area contributed by atoms with Crippen LogP contribution in [-0.4, -0.2) is 43.5 Å². The zero-order valence-electron chi connectivity index (χ0n) is 14.5. The van der Waals surface area contributed by atoms with Crippen LogP contribution in [-0.2, 0) is 9.59 Å². The second-order valence-corrected chi connectivity index (χ2v) is 6.73. The maximum atomic E-state index is 12.4. The van der Waals surface area contributed by atoms with Crippen molar-refractivity contribution in [2.24, 2.45) is 5.92 Å². The van der Waals surface area contributed by atoms with Gasteiger partial charge in [-0.05, 0) is 37.0 Å². The van der Waals surface area contributed by atoms with Crippen LogP contribution >= 0.6 is 11.6 Å². The summed E-state index contributed by atoms with van der Waals surface area (Å²) < 4.78 is 5.13. The van der Waals surface area contributed by atoms with E-state index in [1.807, 2.05) is 4.90 Å². The molecule has 1 atom stereocenters. The normalized spacial score (nSPS) is 17.5. The zero-order chi connectivity index (χ0) is 17.7. The number of halogens is 1. The summed E-state index contributed by atoms with van der Waals surface area (Å²) in [5.41, 5.74) is 0.674. The van der Waals surface area contributed by atoms with Gasteiger partial charge >= 0.3 is 0 Å². The standard InChI is InChI=1S/C18H25ClN2O3/c1-13-5-4-9-20(12-13)18(23)8-10-21(14(2)22)15-6-7-17(24-3)16(19)11-15/h6-7,11,13H,4-5,8-10,12H2,1-3H3. The Morgan fingerprint density at radius 1 is 1.42 bits per heavy atom. The Balaban J connectivity index is 2.02. The fraction of sp³-hybridized carbons (Fsp3) is 0.556. The zero-order valence-corrected chi connectivity index (χ0v) is 15.3. The fourth-order valence-electron chi connectivity index (χ4n) is 3.07. The number of likely N-dealkylation sites (tertiary alicyclic amines) is 1. The summed E-state index contributed by atoms with van der Waals surface area (Å²) in [6, 6.07) is 5.19. The summed E-state index contributed by atoms with van der Waals surface area (Å²) in [5.74, 6) is 1.10. The van der Waals surface area contributed by atoms with Crippen molar-refractivity contribution in [2.75, 3.05) is 31.6 Å².